The highest BCUT2D eigenvalue weighted by Gasteiger charge is 2.34. The smallest absolute Gasteiger partial charge is 0.418 e. The number of nitrogens with one attached hydrogen (secondary N) is 2. The summed E-state index contributed by atoms with van der Waals surface area (Å²) >= 11 is 6.75. The number of thiocarbonyl (C=S) groups is 1. The summed E-state index contributed by atoms with van der Waals surface area (Å²) in [7, 11) is 0. The number of halogens is 4. The van der Waals surface area contributed by atoms with Gasteiger partial charge in [-0.15, -0.1) is 0 Å². The van der Waals surface area contributed by atoms with Crippen LogP contribution in [0.25, 0.3) is 0 Å². The molecule has 26 heavy (non-hydrogen) atoms. The number of rotatable bonds is 4. The van der Waals surface area contributed by atoms with Crippen molar-refractivity contribution in [3.8, 4) is 5.75 Å². The van der Waals surface area contributed by atoms with Crippen LogP contribution in [0.5, 0.6) is 5.75 Å². The molecule has 2 rings (SSSR count). The number of carbonyl (C=O) groups is 1. The lowest BCUT2D eigenvalue weighted by atomic mass is 10.1. The number of ether oxygens (including phenoxy) is 1. The Morgan fingerprint density at radius 2 is 1.85 bits per heavy atom. The zero-order valence-electron chi connectivity index (χ0n) is 13.5. The van der Waals surface area contributed by atoms with Gasteiger partial charge in [0.25, 0.3) is 5.91 Å². The molecule has 0 saturated heterocycles. The normalized spacial score (nSPS) is 11.0. The largest absolute Gasteiger partial charge is 0.494 e. The van der Waals surface area contributed by atoms with Crippen LogP contribution < -0.4 is 15.4 Å². The average Bonchev–Trinajstić information content (AvgIpc) is 2.56. The summed E-state index contributed by atoms with van der Waals surface area (Å²) in [4.78, 5) is 12.1. The van der Waals surface area contributed by atoms with Gasteiger partial charge in [-0.1, -0.05) is 0 Å². The molecule has 2 N–H and O–H groups in total. The van der Waals surface area contributed by atoms with Gasteiger partial charge in [-0.25, -0.2) is 0 Å². The summed E-state index contributed by atoms with van der Waals surface area (Å²) in [5.41, 5.74) is -0.784. The lowest BCUT2D eigenvalue weighted by molar-refractivity contribution is -0.137. The van der Waals surface area contributed by atoms with Gasteiger partial charge in [0.2, 0.25) is 0 Å². The first-order chi connectivity index (χ1) is 12.2. The molecule has 0 unspecified atom stereocenters. The van der Waals surface area contributed by atoms with E-state index in [1.54, 1.807) is 34.7 Å². The second kappa shape index (κ2) is 8.67. The van der Waals surface area contributed by atoms with Crippen molar-refractivity contribution in [2.24, 2.45) is 0 Å². The predicted octanol–water partition coefficient (Wildman–Crippen LogP) is 4.84. The van der Waals surface area contributed by atoms with Crippen LogP contribution in [0.2, 0.25) is 0 Å². The van der Waals surface area contributed by atoms with Gasteiger partial charge in [-0.3, -0.25) is 10.1 Å². The number of amides is 1. The Balaban J connectivity index is 2.08. The molecular formula is C17H14F3IN2O2S. The maximum absolute atomic E-state index is 13.1. The second-order valence-corrected chi connectivity index (χ2v) is 6.71. The van der Waals surface area contributed by atoms with Crippen LogP contribution in [-0.4, -0.2) is 17.6 Å². The molecule has 0 fully saturated rings. The maximum Gasteiger partial charge on any atom is 0.418 e. The van der Waals surface area contributed by atoms with Gasteiger partial charge in [0, 0.05) is 9.13 Å². The van der Waals surface area contributed by atoms with Gasteiger partial charge < -0.3 is 10.1 Å². The summed E-state index contributed by atoms with van der Waals surface area (Å²) in [6, 6.07) is 10.1. The fourth-order valence-corrected chi connectivity index (χ4v) is 2.75. The molecule has 0 saturated carbocycles. The van der Waals surface area contributed by atoms with Gasteiger partial charge in [-0.2, -0.15) is 13.2 Å². The summed E-state index contributed by atoms with van der Waals surface area (Å²) in [6.07, 6.45) is -4.54. The number of hydrogen-bond donors (Lipinski definition) is 2. The summed E-state index contributed by atoms with van der Waals surface area (Å²) in [5, 5.41) is 4.56. The number of alkyl halides is 3. The van der Waals surface area contributed by atoms with E-state index in [1.165, 1.54) is 24.3 Å². The van der Waals surface area contributed by atoms with E-state index in [4.69, 9.17) is 17.0 Å². The number of anilines is 1. The van der Waals surface area contributed by atoms with E-state index >= 15 is 0 Å². The third-order valence-electron chi connectivity index (χ3n) is 3.19. The molecule has 0 spiro atoms. The van der Waals surface area contributed by atoms with E-state index in [2.05, 4.69) is 10.6 Å². The molecule has 9 heteroatoms. The zero-order valence-corrected chi connectivity index (χ0v) is 16.5. The third-order valence-corrected chi connectivity index (χ3v) is 4.06. The van der Waals surface area contributed by atoms with E-state index in [0.717, 1.165) is 6.07 Å². The summed E-state index contributed by atoms with van der Waals surface area (Å²) < 4.78 is 45.1. The minimum absolute atomic E-state index is 0.226. The zero-order chi connectivity index (χ0) is 19.3. The highest BCUT2D eigenvalue weighted by molar-refractivity contribution is 14.1. The monoisotopic (exact) mass is 494 g/mol. The first kappa shape index (κ1) is 20.4. The van der Waals surface area contributed by atoms with Crippen LogP contribution >= 0.6 is 34.8 Å². The molecule has 4 nitrogen and oxygen atoms in total. The van der Waals surface area contributed by atoms with Crippen LogP contribution in [0.4, 0.5) is 18.9 Å². The fourth-order valence-electron chi connectivity index (χ4n) is 2.06. The Bertz CT molecular complexity index is 811. The van der Waals surface area contributed by atoms with E-state index in [9.17, 15) is 18.0 Å². The molecule has 0 aromatic heterocycles. The van der Waals surface area contributed by atoms with Crippen molar-refractivity contribution >= 4 is 51.5 Å². The number of benzene rings is 2. The van der Waals surface area contributed by atoms with Gasteiger partial charge in [0.1, 0.15) is 5.75 Å². The Kier molecular flexibility index (Phi) is 6.81. The van der Waals surface area contributed by atoms with Crippen molar-refractivity contribution in [2.45, 2.75) is 13.1 Å². The van der Waals surface area contributed by atoms with E-state index in [1.807, 2.05) is 6.92 Å². The molecule has 0 aliphatic carbocycles. The average molecular weight is 494 g/mol. The Hall–Kier alpha value is -1.88. The predicted molar refractivity (Wildman–Crippen MR) is 105 cm³/mol. The first-order valence-corrected chi connectivity index (χ1v) is 8.91. The van der Waals surface area contributed by atoms with Gasteiger partial charge in [0.05, 0.1) is 17.9 Å². The van der Waals surface area contributed by atoms with Crippen molar-refractivity contribution in [1.29, 1.82) is 0 Å². The van der Waals surface area contributed by atoms with Crippen LogP contribution in [0.1, 0.15) is 22.8 Å². The molecule has 0 heterocycles. The van der Waals surface area contributed by atoms with Crippen molar-refractivity contribution < 1.29 is 22.7 Å². The van der Waals surface area contributed by atoms with Crippen LogP contribution in [0.15, 0.2) is 42.5 Å². The molecule has 2 aromatic carbocycles. The van der Waals surface area contributed by atoms with E-state index in [0.29, 0.717) is 21.5 Å². The van der Waals surface area contributed by atoms with Crippen molar-refractivity contribution in [3.63, 3.8) is 0 Å². The van der Waals surface area contributed by atoms with Gasteiger partial charge in [0.15, 0.2) is 5.11 Å². The van der Waals surface area contributed by atoms with Gasteiger partial charge >= 0.3 is 6.18 Å². The standard InChI is InChI=1S/C17H14F3IN2O2S/c1-2-25-12-6-3-10(4-7-12)15(24)23-16(26)22-14-8-5-11(21)9-13(14)17(18,19)20/h3-9H,2H2,1H3,(H2,22,23,24,26). The molecule has 0 atom stereocenters. The van der Waals surface area contributed by atoms with Crippen LogP contribution in [0.3, 0.4) is 0 Å². The molecular weight excluding hydrogens is 480 g/mol. The van der Waals surface area contributed by atoms with Crippen LogP contribution in [0, 0.1) is 3.57 Å². The molecule has 0 aliphatic rings. The molecule has 0 radical (unpaired) electrons. The Labute approximate surface area is 167 Å². The number of hydrogen-bond acceptors (Lipinski definition) is 3. The van der Waals surface area contributed by atoms with Gasteiger partial charge in [-0.05, 0) is 84.2 Å². The Morgan fingerprint density at radius 3 is 2.42 bits per heavy atom. The summed E-state index contributed by atoms with van der Waals surface area (Å²) in [5.74, 6) is 0.0723. The highest BCUT2D eigenvalue weighted by atomic mass is 127. The fraction of sp³-hybridized carbons (Fsp3) is 0.176. The van der Waals surface area contributed by atoms with E-state index in [-0.39, 0.29) is 10.8 Å². The second-order valence-electron chi connectivity index (χ2n) is 5.05. The van der Waals surface area contributed by atoms with Crippen molar-refractivity contribution in [1.82, 2.24) is 5.32 Å². The molecule has 1 amide bonds. The maximum atomic E-state index is 13.1. The summed E-state index contributed by atoms with van der Waals surface area (Å²) in [6.45, 7) is 2.33. The minimum Gasteiger partial charge on any atom is -0.494 e. The minimum atomic E-state index is -4.54. The lowest BCUT2D eigenvalue weighted by Crippen LogP contribution is -2.34. The molecule has 138 valence electrons. The quantitative estimate of drug-likeness (QED) is 0.472. The van der Waals surface area contributed by atoms with Crippen molar-refractivity contribution in [2.75, 3.05) is 11.9 Å². The number of carbonyl (C=O) groups excluding carboxylic acids is 1. The first-order valence-electron chi connectivity index (χ1n) is 7.42. The third kappa shape index (κ3) is 5.56. The highest BCUT2D eigenvalue weighted by Crippen LogP contribution is 2.35. The van der Waals surface area contributed by atoms with E-state index < -0.39 is 17.6 Å². The Morgan fingerprint density at radius 1 is 1.19 bits per heavy atom. The molecule has 2 aromatic rings. The molecule has 0 bridgehead atoms. The van der Waals surface area contributed by atoms with Crippen LogP contribution in [-0.2, 0) is 6.18 Å². The topological polar surface area (TPSA) is 50.4 Å². The molecule has 0 aliphatic heterocycles. The SMILES string of the molecule is CCOc1ccc(C(=O)NC(=S)Nc2ccc(I)cc2C(F)(F)F)cc1. The lowest BCUT2D eigenvalue weighted by Gasteiger charge is -2.16. The van der Waals surface area contributed by atoms with Crippen molar-refractivity contribution in [3.05, 3.63) is 57.2 Å².